The number of hydrogen-bond donors (Lipinski definition) is 1. The minimum absolute atomic E-state index is 0.452. The zero-order chi connectivity index (χ0) is 14.9. The molecule has 0 atom stereocenters. The van der Waals surface area contributed by atoms with Gasteiger partial charge in [0.05, 0.1) is 0 Å². The van der Waals surface area contributed by atoms with Crippen molar-refractivity contribution in [3.63, 3.8) is 0 Å². The van der Waals surface area contributed by atoms with Crippen LogP contribution < -0.4 is 5.32 Å². The number of anilines is 1. The molecule has 0 radical (unpaired) electrons. The van der Waals surface area contributed by atoms with E-state index < -0.39 is 0 Å². The Morgan fingerprint density at radius 2 is 2.00 bits per heavy atom. The average Bonchev–Trinajstić information content (AvgIpc) is 3.30. The van der Waals surface area contributed by atoms with Crippen molar-refractivity contribution in [3.8, 4) is 11.6 Å². The zero-order valence-electron chi connectivity index (χ0n) is 12.4. The van der Waals surface area contributed by atoms with Crippen molar-refractivity contribution in [1.29, 1.82) is 0 Å². The molecule has 0 bridgehead atoms. The van der Waals surface area contributed by atoms with Crippen LogP contribution in [0.1, 0.15) is 37.9 Å². The summed E-state index contributed by atoms with van der Waals surface area (Å²) in [7, 11) is 0. The fourth-order valence-corrected chi connectivity index (χ4v) is 2.47. The number of nitrogens with one attached hydrogen (secondary N) is 1. The molecule has 1 saturated carbocycles. The summed E-state index contributed by atoms with van der Waals surface area (Å²) >= 11 is 0. The maximum Gasteiger partial charge on any atom is 0.279 e. The largest absolute Gasteiger partial charge is 0.368 e. The molecule has 0 saturated heterocycles. The van der Waals surface area contributed by atoms with Crippen LogP contribution in [-0.4, -0.2) is 26.9 Å². The molecule has 1 aliphatic carbocycles. The van der Waals surface area contributed by atoms with Gasteiger partial charge in [0.1, 0.15) is 0 Å². The van der Waals surface area contributed by atoms with Crippen molar-refractivity contribution in [3.05, 3.63) is 30.1 Å². The van der Waals surface area contributed by atoms with Crippen molar-refractivity contribution < 1.29 is 4.52 Å². The Hall–Kier alpha value is -2.50. The number of hydrogen-bond acceptors (Lipinski definition) is 6. The highest BCUT2D eigenvalue weighted by Crippen LogP contribution is 2.39. The van der Waals surface area contributed by atoms with Crippen LogP contribution in [0.4, 0.5) is 5.82 Å². The van der Waals surface area contributed by atoms with E-state index in [1.165, 1.54) is 0 Å². The van der Waals surface area contributed by atoms with E-state index >= 15 is 0 Å². The van der Waals surface area contributed by atoms with Crippen LogP contribution in [0.2, 0.25) is 0 Å². The number of rotatable bonds is 5. The van der Waals surface area contributed by atoms with Crippen LogP contribution >= 0.6 is 0 Å². The second-order valence-corrected chi connectivity index (χ2v) is 5.60. The van der Waals surface area contributed by atoms with Crippen LogP contribution in [-0.2, 0) is 0 Å². The fraction of sp³-hybridized carbons (Fsp3) is 0.375. The van der Waals surface area contributed by atoms with E-state index in [4.69, 9.17) is 4.52 Å². The summed E-state index contributed by atoms with van der Waals surface area (Å²) in [6.07, 6.45) is 3.32. The molecular formula is C16H17N5O. The van der Waals surface area contributed by atoms with Gasteiger partial charge in [0.2, 0.25) is 0 Å². The van der Waals surface area contributed by atoms with Gasteiger partial charge < -0.3 is 9.84 Å². The lowest BCUT2D eigenvalue weighted by Crippen LogP contribution is -2.04. The third kappa shape index (κ3) is 2.30. The second kappa shape index (κ2) is 5.36. The molecule has 0 aliphatic heterocycles. The van der Waals surface area contributed by atoms with Gasteiger partial charge in [0.15, 0.2) is 17.3 Å². The molecule has 1 fully saturated rings. The lowest BCUT2D eigenvalue weighted by atomic mass is 10.1. The first-order valence-electron chi connectivity index (χ1n) is 7.70. The summed E-state index contributed by atoms with van der Waals surface area (Å²) < 4.78 is 5.40. The van der Waals surface area contributed by atoms with Gasteiger partial charge in [-0.05, 0) is 19.3 Å². The maximum atomic E-state index is 5.40. The van der Waals surface area contributed by atoms with Gasteiger partial charge in [-0.2, -0.15) is 4.98 Å². The normalized spacial score (nSPS) is 14.4. The number of nitrogens with zero attached hydrogens (tertiary/aromatic N) is 4. The summed E-state index contributed by atoms with van der Waals surface area (Å²) in [4.78, 5) is 4.48. The van der Waals surface area contributed by atoms with Crippen LogP contribution in [0.25, 0.3) is 22.4 Å². The molecular weight excluding hydrogens is 278 g/mol. The second-order valence-electron chi connectivity index (χ2n) is 5.60. The highest BCUT2D eigenvalue weighted by molar-refractivity contribution is 5.98. The highest BCUT2D eigenvalue weighted by atomic mass is 16.5. The molecule has 22 heavy (non-hydrogen) atoms. The molecule has 1 aliphatic rings. The van der Waals surface area contributed by atoms with Crippen molar-refractivity contribution >= 4 is 16.6 Å². The van der Waals surface area contributed by atoms with Gasteiger partial charge in [0.25, 0.3) is 5.89 Å². The summed E-state index contributed by atoms with van der Waals surface area (Å²) in [5.74, 6) is 2.49. The molecule has 0 amide bonds. The predicted molar refractivity (Wildman–Crippen MR) is 83.6 cm³/mol. The van der Waals surface area contributed by atoms with Crippen LogP contribution in [0.15, 0.2) is 28.8 Å². The Bertz CT molecular complexity index is 809. The molecule has 0 unspecified atom stereocenters. The molecule has 112 valence electrons. The molecule has 1 N–H and O–H groups in total. The topological polar surface area (TPSA) is 76.7 Å². The molecule has 2 aromatic heterocycles. The lowest BCUT2D eigenvalue weighted by Gasteiger charge is -2.08. The first-order chi connectivity index (χ1) is 10.9. The Kier molecular flexibility index (Phi) is 3.21. The van der Waals surface area contributed by atoms with Crippen molar-refractivity contribution in [2.24, 2.45) is 0 Å². The van der Waals surface area contributed by atoms with Crippen LogP contribution in [0.3, 0.4) is 0 Å². The number of fused-ring (bicyclic) bond motifs is 1. The SMILES string of the molecule is CCCNc1nnc(-c2nc(C3CC3)no2)c2ccccc12. The molecule has 4 rings (SSSR count). The summed E-state index contributed by atoms with van der Waals surface area (Å²) in [5, 5.41) is 18.0. The average molecular weight is 295 g/mol. The molecule has 1 aromatic carbocycles. The van der Waals surface area contributed by atoms with Crippen LogP contribution in [0, 0.1) is 0 Å². The van der Waals surface area contributed by atoms with E-state index in [0.717, 1.165) is 48.2 Å². The quantitative estimate of drug-likeness (QED) is 0.777. The molecule has 3 aromatic rings. The van der Waals surface area contributed by atoms with E-state index in [2.05, 4.69) is 32.6 Å². The van der Waals surface area contributed by atoms with Gasteiger partial charge in [-0.3, -0.25) is 0 Å². The van der Waals surface area contributed by atoms with E-state index in [0.29, 0.717) is 17.5 Å². The van der Waals surface area contributed by atoms with E-state index in [9.17, 15) is 0 Å². The van der Waals surface area contributed by atoms with E-state index in [1.54, 1.807) is 0 Å². The summed E-state index contributed by atoms with van der Waals surface area (Å²) in [6, 6.07) is 8.02. The van der Waals surface area contributed by atoms with Gasteiger partial charge in [-0.25, -0.2) is 0 Å². The zero-order valence-corrected chi connectivity index (χ0v) is 12.4. The predicted octanol–water partition coefficient (Wildman–Crippen LogP) is 3.38. The van der Waals surface area contributed by atoms with Crippen molar-refractivity contribution in [2.75, 3.05) is 11.9 Å². The van der Waals surface area contributed by atoms with Crippen molar-refractivity contribution in [2.45, 2.75) is 32.1 Å². The first-order valence-corrected chi connectivity index (χ1v) is 7.70. The maximum absolute atomic E-state index is 5.40. The Morgan fingerprint density at radius 1 is 1.18 bits per heavy atom. The Morgan fingerprint density at radius 3 is 2.77 bits per heavy atom. The number of aromatic nitrogens is 4. The molecule has 0 spiro atoms. The van der Waals surface area contributed by atoms with Crippen LogP contribution in [0.5, 0.6) is 0 Å². The summed E-state index contributed by atoms with van der Waals surface area (Å²) in [5.41, 5.74) is 0.650. The third-order valence-corrected chi connectivity index (χ3v) is 3.82. The molecule has 6 nitrogen and oxygen atoms in total. The number of benzene rings is 1. The lowest BCUT2D eigenvalue weighted by molar-refractivity contribution is 0.421. The van der Waals surface area contributed by atoms with Gasteiger partial charge >= 0.3 is 0 Å². The standard InChI is InChI=1S/C16H17N5O/c1-2-9-17-15-12-6-4-3-5-11(12)13(19-20-15)16-18-14(21-22-16)10-7-8-10/h3-6,10H,2,7-9H2,1H3,(H,17,20). The Labute approximate surface area is 127 Å². The first kappa shape index (κ1) is 13.2. The molecule has 2 heterocycles. The van der Waals surface area contributed by atoms with E-state index in [1.807, 2.05) is 24.3 Å². The van der Waals surface area contributed by atoms with Crippen molar-refractivity contribution in [1.82, 2.24) is 20.3 Å². The third-order valence-electron chi connectivity index (χ3n) is 3.82. The fourth-order valence-electron chi connectivity index (χ4n) is 2.47. The van der Waals surface area contributed by atoms with E-state index in [-0.39, 0.29) is 0 Å². The minimum atomic E-state index is 0.452. The van der Waals surface area contributed by atoms with Gasteiger partial charge in [-0.15, -0.1) is 10.2 Å². The highest BCUT2D eigenvalue weighted by Gasteiger charge is 2.29. The van der Waals surface area contributed by atoms with Gasteiger partial charge in [0, 0.05) is 23.2 Å². The summed E-state index contributed by atoms with van der Waals surface area (Å²) in [6.45, 7) is 2.99. The monoisotopic (exact) mass is 295 g/mol. The smallest absolute Gasteiger partial charge is 0.279 e. The Balaban J connectivity index is 1.80. The minimum Gasteiger partial charge on any atom is -0.368 e. The molecule has 6 heteroatoms. The van der Waals surface area contributed by atoms with Gasteiger partial charge in [-0.1, -0.05) is 36.3 Å².